The van der Waals surface area contributed by atoms with E-state index in [1.54, 1.807) is 12.1 Å². The van der Waals surface area contributed by atoms with Crippen molar-refractivity contribution < 1.29 is 35.2 Å². The summed E-state index contributed by atoms with van der Waals surface area (Å²) in [7, 11) is 0. The first-order chi connectivity index (χ1) is 22.7. The molecule has 0 heterocycles. The van der Waals surface area contributed by atoms with Gasteiger partial charge in [-0.25, -0.2) is 0 Å². The summed E-state index contributed by atoms with van der Waals surface area (Å²) in [6.07, 6.45) is 10.9. The third-order valence-corrected chi connectivity index (χ3v) is 12.7. The van der Waals surface area contributed by atoms with Crippen molar-refractivity contribution in [3.63, 3.8) is 0 Å². The van der Waals surface area contributed by atoms with Gasteiger partial charge in [-0.15, -0.1) is 0 Å². The number of phenolic OH excluding ortho intramolecular Hbond substituents is 4. The molecule has 8 rings (SSSR count). The number of benzene rings is 2. The highest BCUT2D eigenvalue weighted by Gasteiger charge is 2.56. The number of aryl methyl sites for hydroxylation is 2. The van der Waals surface area contributed by atoms with Crippen molar-refractivity contribution in [1.29, 1.82) is 0 Å². The Hall–Kier alpha value is -3.68. The van der Waals surface area contributed by atoms with E-state index in [0.29, 0.717) is 49.4 Å². The number of unbranched alkanes of at least 4 members (excludes halogenated alkanes) is 2. The maximum absolute atomic E-state index is 12.2. The molecule has 2 aromatic rings. The Morgan fingerprint density at radius 3 is 1.42 bits per heavy atom. The number of allylic oxidation sites excluding steroid dienone is 4. The Morgan fingerprint density at radius 2 is 1.06 bits per heavy atom. The van der Waals surface area contributed by atoms with Gasteiger partial charge in [0.1, 0.15) is 27.9 Å². The molecule has 0 radical (unpaired) electrons. The van der Waals surface area contributed by atoms with Crippen LogP contribution in [0.15, 0.2) is 47.6 Å². The number of hydrogen-bond donors (Lipinski definition) is 4. The molecule has 8 heteroatoms. The number of hydrogen-bond acceptors (Lipinski definition) is 7. The number of rotatable bonds is 14. The van der Waals surface area contributed by atoms with Crippen LogP contribution in [0, 0.1) is 39.4 Å². The van der Waals surface area contributed by atoms with E-state index in [9.17, 15) is 25.3 Å². The third-order valence-electron chi connectivity index (χ3n) is 12.7. The predicted molar refractivity (Wildman–Crippen MR) is 185 cm³/mol. The van der Waals surface area contributed by atoms with Gasteiger partial charge in [0.15, 0.2) is 13.2 Å². The van der Waals surface area contributed by atoms with E-state index >= 15 is 0 Å². The molecule has 4 N–H and O–H groups in total. The fourth-order valence-electron chi connectivity index (χ4n) is 9.98. The SMILES string of the molecule is CC1=C[C@H](c2c(O)cc(O)cc2CCCCO[N+](=O)OCCCCc2cc(O)cc(O)c2[C@H]2C=C(C)[C@@H]3C[C@@H]2C3(C)C)[C@@H]2C[C@@H]1C2(C)C. The highest BCUT2D eigenvalue weighted by molar-refractivity contribution is 5.52. The minimum absolute atomic E-state index is 0.0577. The van der Waals surface area contributed by atoms with E-state index in [1.165, 1.54) is 23.3 Å². The van der Waals surface area contributed by atoms with Crippen molar-refractivity contribution in [3.8, 4) is 23.0 Å². The van der Waals surface area contributed by atoms with E-state index in [0.717, 1.165) is 47.9 Å². The van der Waals surface area contributed by atoms with E-state index in [2.05, 4.69) is 53.7 Å². The van der Waals surface area contributed by atoms with E-state index < -0.39 is 0 Å². The maximum atomic E-state index is 12.2. The van der Waals surface area contributed by atoms with E-state index in [4.69, 9.17) is 9.68 Å². The summed E-state index contributed by atoms with van der Waals surface area (Å²) in [4.78, 5) is 22.7. The second-order valence-electron chi connectivity index (χ2n) is 16.2. The minimum atomic E-state index is 0.0577. The van der Waals surface area contributed by atoms with Crippen LogP contribution in [-0.4, -0.2) is 38.7 Å². The molecular weight excluding hydrogens is 606 g/mol. The number of nitrogens with zero attached hydrogens (tertiary/aromatic N) is 1. The molecule has 48 heavy (non-hydrogen) atoms. The summed E-state index contributed by atoms with van der Waals surface area (Å²) < 4.78 is 0. The molecule has 0 aliphatic heterocycles. The van der Waals surface area contributed by atoms with Crippen molar-refractivity contribution in [2.24, 2.45) is 34.5 Å². The average molecular weight is 661 g/mol. The van der Waals surface area contributed by atoms with Crippen LogP contribution in [-0.2, 0) is 22.5 Å². The Balaban J connectivity index is 0.949. The van der Waals surface area contributed by atoms with Gasteiger partial charge in [-0.3, -0.25) is 0 Å². The highest BCUT2D eigenvalue weighted by atomic mass is 17.0. The molecule has 6 aliphatic carbocycles. The Kier molecular flexibility index (Phi) is 9.24. The van der Waals surface area contributed by atoms with Crippen molar-refractivity contribution in [3.05, 3.63) is 74.7 Å². The quantitative estimate of drug-likeness (QED) is 0.0908. The van der Waals surface area contributed by atoms with Gasteiger partial charge in [-0.2, -0.15) is 9.68 Å². The van der Waals surface area contributed by atoms with Crippen molar-refractivity contribution in [2.75, 3.05) is 13.2 Å². The zero-order chi connectivity index (χ0) is 34.5. The molecule has 6 aliphatic rings. The molecule has 2 saturated carbocycles. The fraction of sp³-hybridized carbons (Fsp3) is 0.600. The van der Waals surface area contributed by atoms with Crippen LogP contribution in [0.25, 0.3) is 0 Å². The van der Waals surface area contributed by atoms with Crippen LogP contribution in [0.3, 0.4) is 0 Å². The van der Waals surface area contributed by atoms with E-state index in [1.807, 2.05) is 0 Å². The smallest absolute Gasteiger partial charge is 0.477 e. The van der Waals surface area contributed by atoms with E-state index in [-0.39, 0.29) is 64.0 Å². The van der Waals surface area contributed by atoms with Crippen molar-refractivity contribution in [1.82, 2.24) is 0 Å². The molecule has 2 aromatic carbocycles. The Labute approximate surface area is 285 Å². The zero-order valence-corrected chi connectivity index (χ0v) is 29.5. The van der Waals surface area contributed by atoms with Crippen molar-refractivity contribution in [2.45, 2.75) is 105 Å². The summed E-state index contributed by atoms with van der Waals surface area (Å²) in [5, 5.41) is 42.5. The van der Waals surface area contributed by atoms with Gasteiger partial charge >= 0.3 is 5.09 Å². The normalized spacial score (nSPS) is 27.6. The van der Waals surface area contributed by atoms with Crippen LogP contribution in [0.1, 0.15) is 114 Å². The molecule has 0 spiro atoms. The number of phenols is 4. The summed E-state index contributed by atoms with van der Waals surface area (Å²) in [6, 6.07) is 6.41. The topological polar surface area (TPSA) is 119 Å². The summed E-state index contributed by atoms with van der Waals surface area (Å²) in [6.45, 7) is 14.0. The van der Waals surface area contributed by atoms with Gasteiger partial charge in [0, 0.05) is 35.1 Å². The minimum Gasteiger partial charge on any atom is -0.508 e. The lowest BCUT2D eigenvalue weighted by Gasteiger charge is -2.59. The third kappa shape index (κ3) is 6.16. The monoisotopic (exact) mass is 660 g/mol. The van der Waals surface area contributed by atoms with Gasteiger partial charge < -0.3 is 20.4 Å². The van der Waals surface area contributed by atoms with Crippen molar-refractivity contribution >= 4 is 0 Å². The predicted octanol–water partition coefficient (Wildman–Crippen LogP) is 8.91. The molecule has 8 nitrogen and oxygen atoms in total. The largest absolute Gasteiger partial charge is 0.508 e. The van der Waals surface area contributed by atoms with Gasteiger partial charge in [0.2, 0.25) is 0 Å². The lowest BCUT2D eigenvalue weighted by molar-refractivity contribution is -0.981. The zero-order valence-electron chi connectivity index (χ0n) is 29.5. The van der Waals surface area contributed by atoms with Crippen LogP contribution >= 0.6 is 0 Å². The van der Waals surface area contributed by atoms with Gasteiger partial charge in [0.05, 0.1) is 0 Å². The highest BCUT2D eigenvalue weighted by Crippen LogP contribution is 2.65. The number of aromatic hydroxyl groups is 4. The van der Waals surface area contributed by atoms with Gasteiger partial charge in [-0.1, -0.05) is 51.0 Å². The Bertz CT molecular complexity index is 1500. The van der Waals surface area contributed by atoms with Crippen LogP contribution in [0.4, 0.5) is 0 Å². The second-order valence-corrected chi connectivity index (χ2v) is 16.2. The summed E-state index contributed by atoms with van der Waals surface area (Å²) >= 11 is 0. The molecule has 6 atom stereocenters. The molecular formula is C40H54NO7+. The standard InChI is InChI=1S/C40H53NO7/c1-23-15-29(33-21-31(23)39(33,3)4)37-25(17-27(42)19-35(37)44)11-7-9-13-47-41(46)48-14-10-8-12-26-18-28(43)20-36(45)38(26)30-16-24(2)32-22-34(30)40(32,5)6/h15-20,29-34H,7-14,21-22H2,1-6H3,(H3-,42,43,44,45)/p+1/t29-,30-,31-,32-,33-,34-/m0/s1. The van der Waals surface area contributed by atoms with Crippen LogP contribution in [0.5, 0.6) is 23.0 Å². The fourth-order valence-corrected chi connectivity index (χ4v) is 9.98. The van der Waals surface area contributed by atoms with Gasteiger partial charge in [-0.05, 0) is 123 Å². The average Bonchev–Trinajstić information content (AvgIpc) is 2.99. The molecule has 0 aromatic heterocycles. The first-order valence-corrected chi connectivity index (χ1v) is 17.9. The summed E-state index contributed by atoms with van der Waals surface area (Å²) in [5.41, 5.74) is 6.85. The molecule has 0 saturated heterocycles. The molecule has 4 bridgehead atoms. The van der Waals surface area contributed by atoms with Crippen LogP contribution in [0.2, 0.25) is 0 Å². The molecule has 2 fully saturated rings. The lowest BCUT2D eigenvalue weighted by atomic mass is 9.45. The maximum Gasteiger partial charge on any atom is 0.477 e. The summed E-state index contributed by atoms with van der Waals surface area (Å²) in [5.74, 6) is 2.77. The molecule has 0 unspecified atom stereocenters. The molecule has 260 valence electrons. The van der Waals surface area contributed by atoms with Crippen LogP contribution < -0.4 is 0 Å². The first kappa shape index (κ1) is 34.2. The molecule has 0 amide bonds. The Morgan fingerprint density at radius 1 is 0.667 bits per heavy atom. The van der Waals surface area contributed by atoms with Gasteiger partial charge in [0.25, 0.3) is 0 Å². The first-order valence-electron chi connectivity index (χ1n) is 17.9. The lowest BCUT2D eigenvalue weighted by Crippen LogP contribution is -2.50. The number of fused-ring (bicyclic) bond motifs is 2. The second kappa shape index (κ2) is 13.0.